The molecule has 0 spiro atoms. The van der Waals surface area contributed by atoms with E-state index < -0.39 is 12.1 Å². The van der Waals surface area contributed by atoms with Gasteiger partial charge in [-0.15, -0.1) is 0 Å². The molecule has 3 N–H and O–H groups in total. The summed E-state index contributed by atoms with van der Waals surface area (Å²) in [5.74, 6) is 0.622. The molecule has 0 radical (unpaired) electrons. The topological polar surface area (TPSA) is 146 Å². The molecular weight excluding hydrogens is 602 g/mol. The summed E-state index contributed by atoms with van der Waals surface area (Å²) in [5.41, 5.74) is 1.70. The van der Waals surface area contributed by atoms with Gasteiger partial charge in [-0.05, 0) is 78.0 Å². The third kappa shape index (κ3) is 9.70. The smallest absolute Gasteiger partial charge is 0.323 e. The number of anilines is 2. The number of aliphatic hydroxyl groups is 1. The van der Waals surface area contributed by atoms with Crippen molar-refractivity contribution in [1.29, 1.82) is 0 Å². The summed E-state index contributed by atoms with van der Waals surface area (Å²) in [7, 11) is 1.85. The molecule has 4 rings (SSSR count). The van der Waals surface area contributed by atoms with Crippen LogP contribution in [0.4, 0.5) is 16.2 Å². The van der Waals surface area contributed by atoms with Crippen molar-refractivity contribution in [2.45, 2.75) is 104 Å². The number of rotatable bonds is 7. The second-order valence-corrected chi connectivity index (χ2v) is 13.3. The number of benzene rings is 1. The number of aromatic nitrogens is 1. The van der Waals surface area contributed by atoms with Crippen LogP contribution in [0.5, 0.6) is 5.75 Å². The molecule has 0 saturated heterocycles. The van der Waals surface area contributed by atoms with Crippen LogP contribution in [0, 0.1) is 25.7 Å². The largest absolute Gasteiger partial charge is 0.490 e. The summed E-state index contributed by atoms with van der Waals surface area (Å²) in [6, 6.07) is 3.98. The van der Waals surface area contributed by atoms with E-state index in [2.05, 4.69) is 15.8 Å². The van der Waals surface area contributed by atoms with Crippen molar-refractivity contribution < 1.29 is 33.5 Å². The van der Waals surface area contributed by atoms with Crippen molar-refractivity contribution in [1.82, 2.24) is 15.0 Å². The van der Waals surface area contributed by atoms with Crippen molar-refractivity contribution in [3.63, 3.8) is 0 Å². The van der Waals surface area contributed by atoms with Crippen LogP contribution in [-0.2, 0) is 9.53 Å². The van der Waals surface area contributed by atoms with Gasteiger partial charge in [0.25, 0.3) is 5.91 Å². The van der Waals surface area contributed by atoms with Crippen LogP contribution in [-0.4, -0.2) is 89.5 Å². The number of aryl methyl sites for hydroxylation is 2. The zero-order valence-electron chi connectivity index (χ0n) is 28.8. The molecule has 1 aliphatic heterocycles. The van der Waals surface area contributed by atoms with Crippen LogP contribution in [0.3, 0.4) is 0 Å². The number of carbonyl (C=O) groups excluding carboxylic acids is 3. The van der Waals surface area contributed by atoms with E-state index >= 15 is 0 Å². The maximum atomic E-state index is 14.4. The van der Waals surface area contributed by atoms with Gasteiger partial charge in [0.2, 0.25) is 5.91 Å². The van der Waals surface area contributed by atoms with Gasteiger partial charge in [0.05, 0.1) is 30.4 Å². The van der Waals surface area contributed by atoms with Crippen molar-refractivity contribution in [3.8, 4) is 5.75 Å². The fourth-order valence-corrected chi connectivity index (χ4v) is 6.42. The molecule has 2 aliphatic rings. The van der Waals surface area contributed by atoms with Gasteiger partial charge in [0, 0.05) is 44.3 Å². The summed E-state index contributed by atoms with van der Waals surface area (Å²) < 4.78 is 17.9. The molecule has 12 heteroatoms. The maximum Gasteiger partial charge on any atom is 0.323 e. The standard InChI is InChI=1S/C35H53N5O7/c1-22-19-40(23(2)21-41)34(43)29-18-28(36-35(44)37-32-25(4)38-47-26(32)5)15-16-30(29)46-24(3)12-10-11-17-45-31(22)20-39(6)33(42)27-13-8-7-9-14-27/h15-16,18,22-24,27,31,41H,7-14,17,19-21H2,1-6H3,(H2,36,37,44)/t22-,23-,24-,31-/m1/s1. The molecular formula is C35H53N5O7. The van der Waals surface area contributed by atoms with Crippen molar-refractivity contribution in [2.24, 2.45) is 11.8 Å². The minimum atomic E-state index is -0.511. The van der Waals surface area contributed by atoms with Gasteiger partial charge >= 0.3 is 6.03 Å². The van der Waals surface area contributed by atoms with Crippen LogP contribution in [0.25, 0.3) is 0 Å². The zero-order valence-corrected chi connectivity index (χ0v) is 28.8. The number of aliphatic hydroxyl groups excluding tert-OH is 1. The highest BCUT2D eigenvalue weighted by molar-refractivity contribution is 6.03. The van der Waals surface area contributed by atoms with Gasteiger partial charge in [-0.2, -0.15) is 0 Å². The molecule has 1 aromatic heterocycles. The highest BCUT2D eigenvalue weighted by Crippen LogP contribution is 2.30. The third-order valence-corrected chi connectivity index (χ3v) is 9.37. The first-order valence-electron chi connectivity index (χ1n) is 17.1. The number of hydrogen-bond donors (Lipinski definition) is 3. The number of urea groups is 1. The Hall–Kier alpha value is -3.64. The minimum absolute atomic E-state index is 0.0577. The lowest BCUT2D eigenvalue weighted by molar-refractivity contribution is -0.137. The number of nitrogens with zero attached hydrogens (tertiary/aromatic N) is 3. The number of fused-ring (bicyclic) bond motifs is 1. The summed E-state index contributed by atoms with van der Waals surface area (Å²) in [6.07, 6.45) is 7.20. The first-order chi connectivity index (χ1) is 22.5. The summed E-state index contributed by atoms with van der Waals surface area (Å²) in [5, 5.41) is 19.7. The van der Waals surface area contributed by atoms with E-state index in [9.17, 15) is 19.5 Å². The third-order valence-electron chi connectivity index (χ3n) is 9.37. The zero-order chi connectivity index (χ0) is 34.1. The van der Waals surface area contributed by atoms with Gasteiger partial charge in [-0.3, -0.25) is 9.59 Å². The van der Waals surface area contributed by atoms with Gasteiger partial charge < -0.3 is 39.5 Å². The molecule has 0 unspecified atom stereocenters. The number of hydrogen-bond acceptors (Lipinski definition) is 8. The van der Waals surface area contributed by atoms with Crippen molar-refractivity contribution in [2.75, 3.05) is 44.0 Å². The average molecular weight is 656 g/mol. The SMILES string of the molecule is Cc1noc(C)c1NC(=O)Nc1ccc2c(c1)C(=O)N([C@H](C)CO)C[C@@H](C)[C@@H](CN(C)C(=O)C1CCCCC1)OCCCC[C@@H](C)O2. The quantitative estimate of drug-likeness (QED) is 0.341. The summed E-state index contributed by atoms with van der Waals surface area (Å²) in [6.45, 7) is 10.2. The Morgan fingerprint density at radius 2 is 1.81 bits per heavy atom. The fourth-order valence-electron chi connectivity index (χ4n) is 6.42. The molecule has 1 saturated carbocycles. The summed E-state index contributed by atoms with van der Waals surface area (Å²) in [4.78, 5) is 44.0. The molecule has 1 aliphatic carbocycles. The van der Waals surface area contributed by atoms with Crippen molar-refractivity contribution in [3.05, 3.63) is 35.2 Å². The highest BCUT2D eigenvalue weighted by atomic mass is 16.5. The Labute approximate surface area is 278 Å². The normalized spacial score (nSPS) is 22.4. The van der Waals surface area contributed by atoms with Gasteiger partial charge in [-0.25, -0.2) is 4.79 Å². The molecule has 0 bridgehead atoms. The van der Waals surface area contributed by atoms with E-state index in [0.29, 0.717) is 41.7 Å². The molecule has 47 heavy (non-hydrogen) atoms. The van der Waals surface area contributed by atoms with E-state index in [1.165, 1.54) is 6.42 Å². The molecule has 2 heterocycles. The second-order valence-electron chi connectivity index (χ2n) is 13.3. The van der Waals surface area contributed by atoms with Crippen LogP contribution in [0.15, 0.2) is 22.7 Å². The Bertz CT molecular complexity index is 1340. The van der Waals surface area contributed by atoms with E-state index in [0.717, 1.165) is 44.9 Å². The van der Waals surface area contributed by atoms with E-state index in [1.54, 1.807) is 48.8 Å². The highest BCUT2D eigenvalue weighted by Gasteiger charge is 2.32. The average Bonchev–Trinajstić information content (AvgIpc) is 3.37. The van der Waals surface area contributed by atoms with Crippen LogP contribution < -0.4 is 15.4 Å². The molecule has 4 amide bonds. The fraction of sp³-hybridized carbons (Fsp3) is 0.657. The first-order valence-corrected chi connectivity index (χ1v) is 17.1. The Morgan fingerprint density at radius 1 is 1.09 bits per heavy atom. The van der Waals surface area contributed by atoms with E-state index in [-0.39, 0.29) is 54.6 Å². The monoisotopic (exact) mass is 655 g/mol. The Morgan fingerprint density at radius 3 is 2.49 bits per heavy atom. The molecule has 1 fully saturated rings. The number of nitrogens with one attached hydrogen (secondary N) is 2. The predicted octanol–water partition coefficient (Wildman–Crippen LogP) is 5.77. The molecule has 4 atom stereocenters. The number of likely N-dealkylation sites (N-methyl/N-ethyl adjacent to an activating group) is 1. The molecule has 260 valence electrons. The Kier molecular flexibility index (Phi) is 13.1. The van der Waals surface area contributed by atoms with E-state index in [4.69, 9.17) is 14.0 Å². The predicted molar refractivity (Wildman–Crippen MR) is 180 cm³/mol. The lowest BCUT2D eigenvalue weighted by Crippen LogP contribution is -2.48. The maximum absolute atomic E-state index is 14.4. The molecule has 2 aromatic rings. The minimum Gasteiger partial charge on any atom is -0.490 e. The molecule has 12 nitrogen and oxygen atoms in total. The van der Waals surface area contributed by atoms with Crippen LogP contribution in [0.1, 0.15) is 93.9 Å². The lowest BCUT2D eigenvalue weighted by Gasteiger charge is -2.36. The van der Waals surface area contributed by atoms with E-state index in [1.807, 2.05) is 20.9 Å². The van der Waals surface area contributed by atoms with Crippen LogP contribution >= 0.6 is 0 Å². The van der Waals surface area contributed by atoms with Gasteiger partial charge in [0.15, 0.2) is 5.76 Å². The first kappa shape index (κ1) is 36.2. The molecule has 1 aromatic carbocycles. The number of amides is 4. The Balaban J connectivity index is 1.59. The van der Waals surface area contributed by atoms with Gasteiger partial charge in [-0.1, -0.05) is 31.3 Å². The lowest BCUT2D eigenvalue weighted by atomic mass is 9.88. The second kappa shape index (κ2) is 17.0. The number of ether oxygens (including phenoxy) is 2. The van der Waals surface area contributed by atoms with Crippen molar-refractivity contribution >= 4 is 29.2 Å². The van der Waals surface area contributed by atoms with Gasteiger partial charge in [0.1, 0.15) is 17.1 Å². The van der Waals surface area contributed by atoms with Crippen LogP contribution in [0.2, 0.25) is 0 Å². The number of carbonyl (C=O) groups is 3. The summed E-state index contributed by atoms with van der Waals surface area (Å²) >= 11 is 0.